The molecule has 0 aliphatic carbocycles. The van der Waals surface area contributed by atoms with Gasteiger partial charge in [-0.3, -0.25) is 9.59 Å². The number of rotatable bonds is 8. The summed E-state index contributed by atoms with van der Waals surface area (Å²) in [6, 6.07) is 7.09. The van der Waals surface area contributed by atoms with Crippen molar-refractivity contribution in [3.8, 4) is 5.75 Å². The van der Waals surface area contributed by atoms with Gasteiger partial charge >= 0.3 is 5.97 Å². The number of hydrogen-bond donors (Lipinski definition) is 0. The summed E-state index contributed by atoms with van der Waals surface area (Å²) < 4.78 is 12.6. The Kier molecular flexibility index (Phi) is 7.98. The Hall–Kier alpha value is -2.26. The second-order valence-corrected chi connectivity index (χ2v) is 8.30. The summed E-state index contributed by atoms with van der Waals surface area (Å²) >= 11 is 7.19. The molecule has 0 bridgehead atoms. The van der Waals surface area contributed by atoms with E-state index in [1.165, 1.54) is 11.8 Å². The molecule has 1 atom stereocenters. The van der Waals surface area contributed by atoms with Crippen molar-refractivity contribution in [1.82, 2.24) is 19.7 Å². The van der Waals surface area contributed by atoms with Crippen molar-refractivity contribution < 1.29 is 19.1 Å². The fourth-order valence-corrected chi connectivity index (χ4v) is 4.11. The van der Waals surface area contributed by atoms with Crippen molar-refractivity contribution >= 4 is 35.2 Å². The van der Waals surface area contributed by atoms with Crippen molar-refractivity contribution in [2.75, 3.05) is 25.4 Å². The van der Waals surface area contributed by atoms with Crippen LogP contribution in [0.1, 0.15) is 25.6 Å². The largest absolute Gasteiger partial charge is 0.486 e. The quantitative estimate of drug-likeness (QED) is 0.449. The number of hydrogen-bond acceptors (Lipinski definition) is 7. The standard InChI is InChI=1S/C20H25ClN4O4S/c1-3-28-19(27)14-5-4-10-25(11-14)18(26)13-30-20-23-22-17(24(20)2)12-29-16-8-6-15(21)7-9-16/h6-9,14H,3-5,10-13H2,1-2H3/t14-/m0/s1. The van der Waals surface area contributed by atoms with Crippen molar-refractivity contribution in [1.29, 1.82) is 0 Å². The van der Waals surface area contributed by atoms with Crippen molar-refractivity contribution in [2.24, 2.45) is 13.0 Å². The molecule has 1 aromatic carbocycles. The first-order chi connectivity index (χ1) is 14.5. The number of piperidine rings is 1. The minimum Gasteiger partial charge on any atom is -0.486 e. The van der Waals surface area contributed by atoms with E-state index in [0.717, 1.165) is 12.8 Å². The van der Waals surface area contributed by atoms with Crippen LogP contribution in [-0.2, 0) is 28.0 Å². The molecule has 2 aromatic rings. The van der Waals surface area contributed by atoms with Gasteiger partial charge in [-0.2, -0.15) is 0 Å². The molecule has 0 N–H and O–H groups in total. The minimum atomic E-state index is -0.237. The molecule has 162 valence electrons. The predicted octanol–water partition coefficient (Wildman–Crippen LogP) is 2.94. The number of likely N-dealkylation sites (tertiary alicyclic amines) is 1. The Bertz CT molecular complexity index is 874. The van der Waals surface area contributed by atoms with E-state index in [0.29, 0.717) is 41.4 Å². The van der Waals surface area contributed by atoms with E-state index in [-0.39, 0.29) is 30.2 Å². The number of ether oxygens (including phenoxy) is 2. The summed E-state index contributed by atoms with van der Waals surface area (Å²) in [6.07, 6.45) is 1.56. The van der Waals surface area contributed by atoms with Crippen LogP contribution >= 0.6 is 23.4 Å². The highest BCUT2D eigenvalue weighted by Crippen LogP contribution is 2.22. The molecule has 1 saturated heterocycles. The Balaban J connectivity index is 1.50. The molecule has 0 saturated carbocycles. The third kappa shape index (κ3) is 5.89. The molecular weight excluding hydrogens is 428 g/mol. The van der Waals surface area contributed by atoms with Gasteiger partial charge in [-0.25, -0.2) is 0 Å². The smallest absolute Gasteiger partial charge is 0.310 e. The number of esters is 1. The van der Waals surface area contributed by atoms with E-state index in [9.17, 15) is 9.59 Å². The molecule has 1 aromatic heterocycles. The summed E-state index contributed by atoms with van der Waals surface area (Å²) in [6.45, 7) is 3.48. The maximum Gasteiger partial charge on any atom is 0.310 e. The molecule has 1 fully saturated rings. The fourth-order valence-electron chi connectivity index (χ4n) is 3.15. The highest BCUT2D eigenvalue weighted by Gasteiger charge is 2.29. The zero-order valence-electron chi connectivity index (χ0n) is 17.0. The van der Waals surface area contributed by atoms with Gasteiger partial charge in [0.25, 0.3) is 0 Å². The lowest BCUT2D eigenvalue weighted by Crippen LogP contribution is -2.43. The van der Waals surface area contributed by atoms with Crippen LogP contribution in [-0.4, -0.2) is 57.0 Å². The number of nitrogens with zero attached hydrogens (tertiary/aromatic N) is 4. The lowest BCUT2D eigenvalue weighted by atomic mass is 9.98. The lowest BCUT2D eigenvalue weighted by Gasteiger charge is -2.31. The molecule has 2 heterocycles. The lowest BCUT2D eigenvalue weighted by molar-refractivity contribution is -0.151. The van der Waals surface area contributed by atoms with Gasteiger partial charge in [0.1, 0.15) is 12.4 Å². The van der Waals surface area contributed by atoms with E-state index in [4.69, 9.17) is 21.1 Å². The van der Waals surface area contributed by atoms with Gasteiger partial charge in [0, 0.05) is 25.2 Å². The summed E-state index contributed by atoms with van der Waals surface area (Å²) in [7, 11) is 1.84. The molecule has 10 heteroatoms. The summed E-state index contributed by atoms with van der Waals surface area (Å²) in [5, 5.41) is 9.59. The maximum atomic E-state index is 12.6. The number of halogens is 1. The second kappa shape index (κ2) is 10.7. The van der Waals surface area contributed by atoms with Gasteiger partial charge in [0.15, 0.2) is 11.0 Å². The van der Waals surface area contributed by atoms with Crippen molar-refractivity contribution in [3.05, 3.63) is 35.1 Å². The number of carbonyl (C=O) groups is 2. The highest BCUT2D eigenvalue weighted by molar-refractivity contribution is 7.99. The van der Waals surface area contributed by atoms with E-state index in [1.54, 1.807) is 36.1 Å². The Morgan fingerprint density at radius 3 is 2.77 bits per heavy atom. The molecule has 8 nitrogen and oxygen atoms in total. The fraction of sp³-hybridized carbons (Fsp3) is 0.500. The topological polar surface area (TPSA) is 86.6 Å². The molecule has 1 aliphatic heterocycles. The zero-order chi connectivity index (χ0) is 21.5. The van der Waals surface area contributed by atoms with Crippen LogP contribution in [0.5, 0.6) is 5.75 Å². The number of benzene rings is 1. The highest BCUT2D eigenvalue weighted by atomic mass is 35.5. The molecule has 1 aliphatic rings. The molecule has 30 heavy (non-hydrogen) atoms. The maximum absolute atomic E-state index is 12.6. The Morgan fingerprint density at radius 2 is 2.03 bits per heavy atom. The van der Waals surface area contributed by atoms with Crippen LogP contribution in [0.3, 0.4) is 0 Å². The van der Waals surface area contributed by atoms with Crippen LogP contribution in [0.2, 0.25) is 5.02 Å². The molecule has 0 radical (unpaired) electrons. The van der Waals surface area contributed by atoms with E-state index in [1.807, 2.05) is 11.6 Å². The van der Waals surface area contributed by atoms with Gasteiger partial charge in [0.05, 0.1) is 18.3 Å². The van der Waals surface area contributed by atoms with Crippen LogP contribution < -0.4 is 4.74 Å². The van der Waals surface area contributed by atoms with Gasteiger partial charge in [0.2, 0.25) is 5.91 Å². The van der Waals surface area contributed by atoms with Crippen LogP contribution in [0, 0.1) is 5.92 Å². The second-order valence-electron chi connectivity index (χ2n) is 6.92. The van der Waals surface area contributed by atoms with Crippen LogP contribution in [0.25, 0.3) is 0 Å². The summed E-state index contributed by atoms with van der Waals surface area (Å²) in [5.41, 5.74) is 0. The molecule has 0 unspecified atom stereocenters. The average molecular weight is 453 g/mol. The van der Waals surface area contributed by atoms with E-state index < -0.39 is 0 Å². The van der Waals surface area contributed by atoms with Crippen molar-refractivity contribution in [3.63, 3.8) is 0 Å². The number of thioether (sulfide) groups is 1. The predicted molar refractivity (Wildman–Crippen MR) is 113 cm³/mol. The van der Waals surface area contributed by atoms with E-state index in [2.05, 4.69) is 10.2 Å². The number of carbonyl (C=O) groups excluding carboxylic acids is 2. The Labute approximate surface area is 184 Å². The first-order valence-electron chi connectivity index (χ1n) is 9.81. The third-order valence-electron chi connectivity index (χ3n) is 4.83. The van der Waals surface area contributed by atoms with Gasteiger partial charge in [-0.15, -0.1) is 10.2 Å². The molecule has 3 rings (SSSR count). The van der Waals surface area contributed by atoms with Gasteiger partial charge in [-0.1, -0.05) is 23.4 Å². The normalized spacial score (nSPS) is 16.4. The third-order valence-corrected chi connectivity index (χ3v) is 6.08. The van der Waals surface area contributed by atoms with Gasteiger partial charge in [-0.05, 0) is 44.0 Å². The number of amides is 1. The van der Waals surface area contributed by atoms with Gasteiger partial charge < -0.3 is 18.9 Å². The molecular formula is C20H25ClN4O4S. The molecule has 0 spiro atoms. The Morgan fingerprint density at radius 1 is 1.27 bits per heavy atom. The first-order valence-corrected chi connectivity index (χ1v) is 11.2. The van der Waals surface area contributed by atoms with Crippen LogP contribution in [0.15, 0.2) is 29.4 Å². The van der Waals surface area contributed by atoms with Crippen LogP contribution in [0.4, 0.5) is 0 Å². The van der Waals surface area contributed by atoms with Crippen molar-refractivity contribution in [2.45, 2.75) is 31.5 Å². The summed E-state index contributed by atoms with van der Waals surface area (Å²) in [4.78, 5) is 26.3. The SMILES string of the molecule is CCOC(=O)[C@H]1CCCN(C(=O)CSc2nnc(COc3ccc(Cl)cc3)n2C)C1. The zero-order valence-corrected chi connectivity index (χ0v) is 18.6. The number of aromatic nitrogens is 3. The minimum absolute atomic E-state index is 0.0176. The average Bonchev–Trinajstić information content (AvgIpc) is 3.11. The monoisotopic (exact) mass is 452 g/mol. The molecule has 1 amide bonds. The first kappa shape index (κ1) is 22.4. The summed E-state index contributed by atoms with van der Waals surface area (Å²) in [5.74, 6) is 1.10. The van der Waals surface area contributed by atoms with E-state index >= 15 is 0 Å².